The minimum Gasteiger partial charge on any atom is -0.357 e. The Kier molecular flexibility index (Phi) is 6.47. The van der Waals surface area contributed by atoms with Crippen LogP contribution >= 0.6 is 0 Å². The predicted octanol–water partition coefficient (Wildman–Crippen LogP) is 5.35. The molecule has 0 saturated carbocycles. The summed E-state index contributed by atoms with van der Waals surface area (Å²) in [5.41, 5.74) is 2.66. The van der Waals surface area contributed by atoms with Crippen molar-refractivity contribution in [1.29, 1.82) is 0 Å². The van der Waals surface area contributed by atoms with Crippen molar-refractivity contribution in [3.8, 4) is 0 Å². The summed E-state index contributed by atoms with van der Waals surface area (Å²) in [7, 11) is 0. The third kappa shape index (κ3) is 4.98. The smallest absolute Gasteiger partial charge is 0.239 e. The Labute approximate surface area is 199 Å². The molecule has 0 spiro atoms. The number of carbonyl (C=O) groups is 2. The van der Waals surface area contributed by atoms with E-state index in [0.29, 0.717) is 36.2 Å². The van der Waals surface area contributed by atoms with Crippen LogP contribution < -0.4 is 15.5 Å². The van der Waals surface area contributed by atoms with E-state index in [1.807, 2.05) is 52.0 Å². The Morgan fingerprint density at radius 3 is 2.50 bits per heavy atom. The maximum Gasteiger partial charge on any atom is 0.239 e. The molecule has 1 unspecified atom stereocenters. The Morgan fingerprint density at radius 1 is 1.15 bits per heavy atom. The average Bonchev–Trinajstić information content (AvgIpc) is 2.85. The summed E-state index contributed by atoms with van der Waals surface area (Å²) in [4.78, 5) is 28.3. The van der Waals surface area contributed by atoms with Crippen LogP contribution in [0.15, 0.2) is 53.7 Å². The number of amides is 1. The predicted molar refractivity (Wildman–Crippen MR) is 129 cm³/mol. The number of para-hydroxylation sites is 2. The Hall–Kier alpha value is -3.22. The van der Waals surface area contributed by atoms with Crippen molar-refractivity contribution in [2.75, 3.05) is 23.3 Å². The lowest BCUT2D eigenvalue weighted by molar-refractivity contribution is -0.120. The van der Waals surface area contributed by atoms with Crippen molar-refractivity contribution in [3.05, 3.63) is 70.9 Å². The van der Waals surface area contributed by atoms with E-state index in [1.165, 1.54) is 12.1 Å². The van der Waals surface area contributed by atoms with Crippen LogP contribution in [0.2, 0.25) is 0 Å². The fourth-order valence-electron chi connectivity index (χ4n) is 4.84. The summed E-state index contributed by atoms with van der Waals surface area (Å²) in [6, 6.07) is 9.96. The molecule has 1 amide bonds. The molecular formula is C27H31F2N3O2. The number of nitrogens with one attached hydrogen (secondary N) is 2. The zero-order chi connectivity index (χ0) is 24.6. The first-order valence-electron chi connectivity index (χ1n) is 11.7. The zero-order valence-corrected chi connectivity index (χ0v) is 20.0. The van der Waals surface area contributed by atoms with Crippen molar-refractivity contribution in [2.45, 2.75) is 46.6 Å². The van der Waals surface area contributed by atoms with Gasteiger partial charge in [0.15, 0.2) is 5.78 Å². The highest BCUT2D eigenvalue weighted by Gasteiger charge is 2.42. The van der Waals surface area contributed by atoms with Crippen LogP contribution in [0.3, 0.4) is 0 Å². The van der Waals surface area contributed by atoms with E-state index in [4.69, 9.17) is 0 Å². The average molecular weight is 468 g/mol. The quantitative estimate of drug-likeness (QED) is 0.622. The Balaban J connectivity index is 1.91. The van der Waals surface area contributed by atoms with Crippen molar-refractivity contribution in [1.82, 2.24) is 5.32 Å². The lowest BCUT2D eigenvalue weighted by Gasteiger charge is -2.38. The van der Waals surface area contributed by atoms with Crippen molar-refractivity contribution in [2.24, 2.45) is 11.3 Å². The minimum absolute atomic E-state index is 0.0678. The molecule has 0 aromatic heterocycles. The normalized spacial score (nSPS) is 19.3. The fraction of sp³-hybridized carbons (Fsp3) is 0.407. The van der Waals surface area contributed by atoms with Crippen LogP contribution in [0.5, 0.6) is 0 Å². The Bertz CT molecular complexity index is 1140. The third-order valence-corrected chi connectivity index (χ3v) is 6.23. The maximum atomic E-state index is 14.4. The number of allylic oxidation sites excluding steroid dienone is 1. The van der Waals surface area contributed by atoms with Crippen LogP contribution in [0, 0.1) is 23.0 Å². The van der Waals surface area contributed by atoms with Crippen LogP contribution in [-0.4, -0.2) is 24.8 Å². The number of carbonyl (C=O) groups excluding carboxylic acids is 2. The van der Waals surface area contributed by atoms with Gasteiger partial charge in [-0.2, -0.15) is 0 Å². The largest absolute Gasteiger partial charge is 0.357 e. The van der Waals surface area contributed by atoms with Gasteiger partial charge in [-0.1, -0.05) is 39.8 Å². The molecule has 2 N–H and O–H groups in total. The number of ketones is 1. The van der Waals surface area contributed by atoms with Crippen LogP contribution in [0.1, 0.15) is 52.1 Å². The van der Waals surface area contributed by atoms with E-state index in [0.717, 1.165) is 17.5 Å². The van der Waals surface area contributed by atoms with E-state index < -0.39 is 17.7 Å². The molecule has 2 aromatic carbocycles. The van der Waals surface area contributed by atoms with Crippen molar-refractivity contribution >= 4 is 23.1 Å². The summed E-state index contributed by atoms with van der Waals surface area (Å²) in [5, 5.41) is 6.35. The van der Waals surface area contributed by atoms with E-state index in [9.17, 15) is 18.4 Å². The van der Waals surface area contributed by atoms with E-state index in [2.05, 4.69) is 10.6 Å². The SMILES string of the molecule is CC(C)CNC(=O)CN1c2ccccc2NC2=C(C(=O)CC(C)(C)C2)C1c1cc(F)cc(F)c1. The lowest BCUT2D eigenvalue weighted by atomic mass is 9.73. The molecule has 4 rings (SSSR count). The summed E-state index contributed by atoms with van der Waals surface area (Å²) in [6.07, 6.45) is 0.912. The van der Waals surface area contributed by atoms with Crippen molar-refractivity contribution in [3.63, 3.8) is 0 Å². The number of nitrogens with zero attached hydrogens (tertiary/aromatic N) is 1. The molecule has 1 aliphatic heterocycles. The number of Topliss-reactive ketones (excluding diaryl/α,β-unsaturated/α-hetero) is 1. The molecule has 1 atom stereocenters. The van der Waals surface area contributed by atoms with Crippen LogP contribution in [0.25, 0.3) is 0 Å². The number of hydrogen-bond acceptors (Lipinski definition) is 4. The van der Waals surface area contributed by atoms with Gasteiger partial charge in [-0.05, 0) is 47.6 Å². The van der Waals surface area contributed by atoms with Gasteiger partial charge in [0.05, 0.1) is 24.0 Å². The highest BCUT2D eigenvalue weighted by atomic mass is 19.1. The van der Waals surface area contributed by atoms with E-state index in [1.54, 1.807) is 4.90 Å². The molecule has 34 heavy (non-hydrogen) atoms. The molecule has 2 aliphatic rings. The molecule has 5 nitrogen and oxygen atoms in total. The molecule has 1 aliphatic carbocycles. The zero-order valence-electron chi connectivity index (χ0n) is 20.0. The number of rotatable bonds is 5. The highest BCUT2D eigenvalue weighted by molar-refractivity contribution is 6.01. The van der Waals surface area contributed by atoms with Gasteiger partial charge >= 0.3 is 0 Å². The third-order valence-electron chi connectivity index (χ3n) is 6.23. The summed E-state index contributed by atoms with van der Waals surface area (Å²) in [5.74, 6) is -1.50. The van der Waals surface area contributed by atoms with Gasteiger partial charge in [-0.15, -0.1) is 0 Å². The summed E-state index contributed by atoms with van der Waals surface area (Å²) >= 11 is 0. The first kappa shape index (κ1) is 23.9. The van der Waals surface area contributed by atoms with Gasteiger partial charge in [0.25, 0.3) is 0 Å². The van der Waals surface area contributed by atoms with Gasteiger partial charge < -0.3 is 15.5 Å². The molecule has 0 saturated heterocycles. The van der Waals surface area contributed by atoms with Crippen LogP contribution in [-0.2, 0) is 9.59 Å². The molecule has 1 heterocycles. The van der Waals surface area contributed by atoms with Crippen LogP contribution in [0.4, 0.5) is 20.2 Å². The maximum absolute atomic E-state index is 14.4. The first-order valence-corrected chi connectivity index (χ1v) is 11.7. The van der Waals surface area contributed by atoms with Gasteiger partial charge in [0, 0.05) is 30.3 Å². The lowest BCUT2D eigenvalue weighted by Crippen LogP contribution is -2.42. The minimum atomic E-state index is -0.815. The topological polar surface area (TPSA) is 61.4 Å². The van der Waals surface area contributed by atoms with E-state index >= 15 is 0 Å². The molecule has 0 fully saturated rings. The van der Waals surface area contributed by atoms with Gasteiger partial charge in [-0.3, -0.25) is 9.59 Å². The van der Waals surface area contributed by atoms with Gasteiger partial charge in [0.1, 0.15) is 11.6 Å². The number of benzene rings is 2. The standard InChI is InChI=1S/C27H31F2N3O2/c1-16(2)14-30-24(34)15-32-22-8-6-5-7-20(22)31-21-12-27(3,4)13-23(33)25(21)26(32)17-9-18(28)11-19(29)10-17/h5-11,16,26,31H,12-15H2,1-4H3,(H,30,34). The molecule has 180 valence electrons. The molecule has 0 radical (unpaired) electrons. The molecular weight excluding hydrogens is 436 g/mol. The number of halogens is 2. The first-order chi connectivity index (χ1) is 16.0. The monoisotopic (exact) mass is 467 g/mol. The molecule has 2 aromatic rings. The second-order valence-electron chi connectivity index (χ2n) is 10.4. The molecule has 7 heteroatoms. The summed E-state index contributed by atoms with van der Waals surface area (Å²) < 4.78 is 28.7. The Morgan fingerprint density at radius 2 is 1.82 bits per heavy atom. The second kappa shape index (κ2) is 9.20. The van der Waals surface area contributed by atoms with Crippen molar-refractivity contribution < 1.29 is 18.4 Å². The number of hydrogen-bond donors (Lipinski definition) is 2. The van der Waals surface area contributed by atoms with E-state index in [-0.39, 0.29) is 29.6 Å². The summed E-state index contributed by atoms with van der Waals surface area (Å²) in [6.45, 7) is 8.50. The van der Waals surface area contributed by atoms with Gasteiger partial charge in [-0.25, -0.2) is 8.78 Å². The second-order valence-corrected chi connectivity index (χ2v) is 10.4. The highest BCUT2D eigenvalue weighted by Crippen LogP contribution is 2.48. The fourth-order valence-corrected chi connectivity index (χ4v) is 4.84. The molecule has 0 bridgehead atoms. The van der Waals surface area contributed by atoms with Gasteiger partial charge in [0.2, 0.25) is 5.91 Å². The number of fused-ring (bicyclic) bond motifs is 1. The number of anilines is 2.